The van der Waals surface area contributed by atoms with Gasteiger partial charge in [0.2, 0.25) is 17.6 Å². The standard InChI is InChI=1S/C18H20ClN3O2/c19-14-9-7-12(8-10-14)16-20-17(24-21-16)15-6-1-2-11-22(15)18(23)13-4-3-5-13/h7-10,13,15H,1-6,11H2/t15-/m1/s1. The molecule has 5 nitrogen and oxygen atoms in total. The summed E-state index contributed by atoms with van der Waals surface area (Å²) in [4.78, 5) is 19.2. The lowest BCUT2D eigenvalue weighted by molar-refractivity contribution is -0.142. The number of hydrogen-bond donors (Lipinski definition) is 0. The highest BCUT2D eigenvalue weighted by molar-refractivity contribution is 6.30. The minimum Gasteiger partial charge on any atom is -0.337 e. The minimum atomic E-state index is -0.0830. The number of rotatable bonds is 3. The molecule has 2 fully saturated rings. The maximum atomic E-state index is 12.7. The highest BCUT2D eigenvalue weighted by atomic mass is 35.5. The highest BCUT2D eigenvalue weighted by Crippen LogP contribution is 2.36. The number of hydrogen-bond acceptors (Lipinski definition) is 4. The number of aromatic nitrogens is 2. The summed E-state index contributed by atoms with van der Waals surface area (Å²) < 4.78 is 5.51. The summed E-state index contributed by atoms with van der Waals surface area (Å²) in [6, 6.07) is 7.27. The molecule has 2 aliphatic rings. The lowest BCUT2D eigenvalue weighted by Gasteiger charge is -2.38. The SMILES string of the molecule is O=C(C1CCC1)N1CCCC[C@@H]1c1nc(-c2ccc(Cl)cc2)no1. The van der Waals surface area contributed by atoms with Crippen LogP contribution in [0.25, 0.3) is 11.4 Å². The van der Waals surface area contributed by atoms with Crippen molar-refractivity contribution < 1.29 is 9.32 Å². The average Bonchev–Trinajstić information content (AvgIpc) is 3.04. The Kier molecular flexibility index (Phi) is 4.27. The third-order valence-electron chi connectivity index (χ3n) is 5.07. The van der Waals surface area contributed by atoms with Gasteiger partial charge in [0.25, 0.3) is 0 Å². The first-order valence-electron chi connectivity index (χ1n) is 8.62. The number of carbonyl (C=O) groups is 1. The van der Waals surface area contributed by atoms with Crippen LogP contribution in [-0.4, -0.2) is 27.5 Å². The fraction of sp³-hybridized carbons (Fsp3) is 0.500. The summed E-state index contributed by atoms with van der Waals surface area (Å²) in [5.41, 5.74) is 0.863. The van der Waals surface area contributed by atoms with Crippen LogP contribution >= 0.6 is 11.6 Å². The van der Waals surface area contributed by atoms with E-state index in [1.54, 1.807) is 12.1 Å². The Hall–Kier alpha value is -1.88. The summed E-state index contributed by atoms with van der Waals surface area (Å²) in [6.45, 7) is 0.790. The molecule has 1 amide bonds. The number of likely N-dealkylation sites (tertiary alicyclic amines) is 1. The quantitative estimate of drug-likeness (QED) is 0.834. The second kappa shape index (κ2) is 6.55. The Labute approximate surface area is 146 Å². The van der Waals surface area contributed by atoms with Gasteiger partial charge in [0.1, 0.15) is 6.04 Å². The Balaban J connectivity index is 1.57. The van der Waals surface area contributed by atoms with Gasteiger partial charge in [0.05, 0.1) is 0 Å². The monoisotopic (exact) mass is 345 g/mol. The van der Waals surface area contributed by atoms with Crippen molar-refractivity contribution in [2.24, 2.45) is 5.92 Å². The molecule has 0 bridgehead atoms. The number of halogens is 1. The van der Waals surface area contributed by atoms with Crippen LogP contribution in [-0.2, 0) is 4.79 Å². The molecule has 4 rings (SSSR count). The van der Waals surface area contributed by atoms with Crippen molar-refractivity contribution in [2.75, 3.05) is 6.54 Å². The lowest BCUT2D eigenvalue weighted by atomic mass is 9.83. The fourth-order valence-corrected chi connectivity index (χ4v) is 3.55. The van der Waals surface area contributed by atoms with Crippen molar-refractivity contribution in [2.45, 2.75) is 44.6 Å². The third-order valence-corrected chi connectivity index (χ3v) is 5.32. The van der Waals surface area contributed by atoms with Crippen LogP contribution in [0.3, 0.4) is 0 Å². The second-order valence-electron chi connectivity index (χ2n) is 6.63. The van der Waals surface area contributed by atoms with Gasteiger partial charge < -0.3 is 9.42 Å². The molecule has 1 saturated heterocycles. The summed E-state index contributed by atoms with van der Waals surface area (Å²) in [5.74, 6) is 1.55. The van der Waals surface area contributed by atoms with E-state index in [2.05, 4.69) is 10.1 Å². The van der Waals surface area contributed by atoms with E-state index < -0.39 is 0 Å². The van der Waals surface area contributed by atoms with Crippen LogP contribution < -0.4 is 0 Å². The van der Waals surface area contributed by atoms with Crippen molar-refractivity contribution in [3.63, 3.8) is 0 Å². The fourth-order valence-electron chi connectivity index (χ4n) is 3.43. The second-order valence-corrected chi connectivity index (χ2v) is 7.07. The molecule has 1 aromatic heterocycles. The molecule has 2 aromatic rings. The van der Waals surface area contributed by atoms with Crippen LogP contribution in [0.15, 0.2) is 28.8 Å². The van der Waals surface area contributed by atoms with E-state index in [-0.39, 0.29) is 17.9 Å². The van der Waals surface area contributed by atoms with Crippen molar-refractivity contribution in [3.8, 4) is 11.4 Å². The Morgan fingerprint density at radius 1 is 1.12 bits per heavy atom. The largest absolute Gasteiger partial charge is 0.337 e. The molecule has 0 unspecified atom stereocenters. The Morgan fingerprint density at radius 3 is 2.62 bits per heavy atom. The van der Waals surface area contributed by atoms with E-state index in [1.807, 2.05) is 17.0 Å². The first-order chi connectivity index (χ1) is 11.7. The van der Waals surface area contributed by atoms with Gasteiger partial charge in [0.15, 0.2) is 0 Å². The lowest BCUT2D eigenvalue weighted by Crippen LogP contribution is -2.43. The topological polar surface area (TPSA) is 59.2 Å². The molecule has 1 aliphatic heterocycles. The maximum Gasteiger partial charge on any atom is 0.249 e. The highest BCUT2D eigenvalue weighted by Gasteiger charge is 2.37. The van der Waals surface area contributed by atoms with E-state index in [9.17, 15) is 4.79 Å². The number of carbonyl (C=O) groups excluding carboxylic acids is 1. The zero-order chi connectivity index (χ0) is 16.5. The van der Waals surface area contributed by atoms with Gasteiger partial charge in [-0.1, -0.05) is 23.2 Å². The van der Waals surface area contributed by atoms with E-state index in [0.29, 0.717) is 16.7 Å². The summed E-state index contributed by atoms with van der Waals surface area (Å²) in [5, 5.41) is 4.77. The molecule has 1 aliphatic carbocycles. The van der Waals surface area contributed by atoms with Crippen molar-refractivity contribution in [1.82, 2.24) is 15.0 Å². The molecule has 126 valence electrons. The molecular formula is C18H20ClN3O2. The van der Waals surface area contributed by atoms with Crippen LogP contribution in [0.4, 0.5) is 0 Å². The Bertz CT molecular complexity index is 724. The van der Waals surface area contributed by atoms with Crippen LogP contribution in [0, 0.1) is 5.92 Å². The molecule has 0 N–H and O–H groups in total. The van der Waals surface area contributed by atoms with Gasteiger partial charge in [-0.05, 0) is 56.4 Å². The van der Waals surface area contributed by atoms with E-state index in [0.717, 1.165) is 50.6 Å². The number of amides is 1. The minimum absolute atomic E-state index is 0.0830. The zero-order valence-corrected chi connectivity index (χ0v) is 14.2. The van der Waals surface area contributed by atoms with Gasteiger partial charge in [-0.3, -0.25) is 4.79 Å². The van der Waals surface area contributed by atoms with Gasteiger partial charge in [-0.2, -0.15) is 4.98 Å². The van der Waals surface area contributed by atoms with Gasteiger partial charge >= 0.3 is 0 Å². The van der Waals surface area contributed by atoms with Crippen molar-refractivity contribution in [3.05, 3.63) is 35.2 Å². The Morgan fingerprint density at radius 2 is 1.92 bits per heavy atom. The van der Waals surface area contributed by atoms with Gasteiger partial charge in [0, 0.05) is 23.0 Å². The third kappa shape index (κ3) is 2.93. The number of benzene rings is 1. The molecule has 1 atom stereocenters. The van der Waals surface area contributed by atoms with E-state index >= 15 is 0 Å². The molecule has 24 heavy (non-hydrogen) atoms. The van der Waals surface area contributed by atoms with Crippen LogP contribution in [0.2, 0.25) is 5.02 Å². The summed E-state index contributed by atoms with van der Waals surface area (Å²) >= 11 is 5.92. The molecular weight excluding hydrogens is 326 g/mol. The van der Waals surface area contributed by atoms with Crippen molar-refractivity contribution >= 4 is 17.5 Å². The molecule has 0 radical (unpaired) electrons. The summed E-state index contributed by atoms with van der Waals surface area (Å²) in [7, 11) is 0. The average molecular weight is 346 g/mol. The maximum absolute atomic E-state index is 12.7. The molecule has 0 spiro atoms. The molecule has 1 aromatic carbocycles. The number of piperidine rings is 1. The first kappa shape index (κ1) is 15.6. The molecule has 6 heteroatoms. The van der Waals surface area contributed by atoms with Gasteiger partial charge in [-0.25, -0.2) is 0 Å². The van der Waals surface area contributed by atoms with Gasteiger partial charge in [-0.15, -0.1) is 0 Å². The first-order valence-corrected chi connectivity index (χ1v) is 9.00. The number of nitrogens with zero attached hydrogens (tertiary/aromatic N) is 3. The van der Waals surface area contributed by atoms with E-state index in [1.165, 1.54) is 0 Å². The van der Waals surface area contributed by atoms with E-state index in [4.69, 9.17) is 16.1 Å². The van der Waals surface area contributed by atoms with Crippen LogP contribution in [0.5, 0.6) is 0 Å². The zero-order valence-electron chi connectivity index (χ0n) is 13.4. The summed E-state index contributed by atoms with van der Waals surface area (Å²) in [6.07, 6.45) is 6.21. The smallest absolute Gasteiger partial charge is 0.249 e. The molecule has 2 heterocycles. The van der Waals surface area contributed by atoms with Crippen molar-refractivity contribution in [1.29, 1.82) is 0 Å². The van der Waals surface area contributed by atoms with Crippen LogP contribution in [0.1, 0.15) is 50.5 Å². The molecule has 1 saturated carbocycles. The predicted octanol–water partition coefficient (Wildman–Crippen LogP) is 4.24. The normalized spacial score (nSPS) is 21.5. The predicted molar refractivity (Wildman–Crippen MR) is 90.4 cm³/mol.